The van der Waals surface area contributed by atoms with Crippen molar-refractivity contribution in [2.24, 2.45) is 0 Å². The highest BCUT2D eigenvalue weighted by Gasteiger charge is 2.00. The van der Waals surface area contributed by atoms with E-state index >= 15 is 0 Å². The molecule has 1 aromatic rings. The standard InChI is InChI=1S/C9H10ClN3O/c1-3-5-14-13-9-6-7(10)11-8(4-2)12-9/h1,6H,4-5H2,2H3,(H,11,12,13). The lowest BCUT2D eigenvalue weighted by Crippen LogP contribution is -2.05. The zero-order valence-corrected chi connectivity index (χ0v) is 8.51. The monoisotopic (exact) mass is 211 g/mol. The molecule has 0 unspecified atom stereocenters. The molecular formula is C9H10ClN3O. The van der Waals surface area contributed by atoms with Crippen molar-refractivity contribution < 1.29 is 4.84 Å². The third kappa shape index (κ3) is 3.21. The normalized spacial score (nSPS) is 9.50. The second kappa shape index (κ2) is 5.43. The fraction of sp³-hybridized carbons (Fsp3) is 0.333. The van der Waals surface area contributed by atoms with E-state index in [-0.39, 0.29) is 6.61 Å². The number of aromatic nitrogens is 2. The van der Waals surface area contributed by atoms with Crippen LogP contribution in [0, 0.1) is 12.3 Å². The third-order valence-corrected chi connectivity index (χ3v) is 1.58. The van der Waals surface area contributed by atoms with Gasteiger partial charge in [-0.3, -0.25) is 4.84 Å². The molecule has 1 aromatic heterocycles. The van der Waals surface area contributed by atoms with Crippen LogP contribution in [0.15, 0.2) is 6.07 Å². The molecule has 0 amide bonds. The van der Waals surface area contributed by atoms with Crippen molar-refractivity contribution in [2.75, 3.05) is 12.1 Å². The Morgan fingerprint density at radius 1 is 1.64 bits per heavy atom. The summed E-state index contributed by atoms with van der Waals surface area (Å²) in [6.07, 6.45) is 5.72. The van der Waals surface area contributed by atoms with Crippen molar-refractivity contribution in [3.8, 4) is 12.3 Å². The minimum absolute atomic E-state index is 0.170. The molecule has 0 bridgehead atoms. The van der Waals surface area contributed by atoms with Crippen molar-refractivity contribution in [3.63, 3.8) is 0 Å². The van der Waals surface area contributed by atoms with Gasteiger partial charge in [0.25, 0.3) is 0 Å². The summed E-state index contributed by atoms with van der Waals surface area (Å²) in [4.78, 5) is 13.0. The number of anilines is 1. The molecule has 0 saturated carbocycles. The van der Waals surface area contributed by atoms with Crippen LogP contribution in [0.25, 0.3) is 0 Å². The summed E-state index contributed by atoms with van der Waals surface area (Å²) in [6.45, 7) is 2.11. The zero-order valence-electron chi connectivity index (χ0n) is 7.75. The molecular weight excluding hydrogens is 202 g/mol. The summed E-state index contributed by atoms with van der Waals surface area (Å²) in [5, 5.41) is 0.378. The van der Waals surface area contributed by atoms with Crippen LogP contribution in [0.1, 0.15) is 12.7 Å². The lowest BCUT2D eigenvalue weighted by Gasteiger charge is -2.05. The predicted molar refractivity (Wildman–Crippen MR) is 54.8 cm³/mol. The maximum absolute atomic E-state index is 5.75. The molecule has 5 heteroatoms. The van der Waals surface area contributed by atoms with E-state index in [4.69, 9.17) is 22.9 Å². The van der Waals surface area contributed by atoms with E-state index in [0.717, 1.165) is 0 Å². The largest absolute Gasteiger partial charge is 0.262 e. The van der Waals surface area contributed by atoms with Crippen molar-refractivity contribution in [1.82, 2.24) is 9.97 Å². The molecule has 0 aliphatic carbocycles. The number of halogens is 1. The molecule has 0 aliphatic heterocycles. The summed E-state index contributed by atoms with van der Waals surface area (Å²) in [6, 6.07) is 1.57. The Hall–Kier alpha value is -1.31. The van der Waals surface area contributed by atoms with Gasteiger partial charge in [-0.05, 0) is 0 Å². The first-order chi connectivity index (χ1) is 6.76. The molecule has 0 radical (unpaired) electrons. The number of nitrogens with one attached hydrogen (secondary N) is 1. The number of hydrogen-bond donors (Lipinski definition) is 1. The molecule has 14 heavy (non-hydrogen) atoms. The van der Waals surface area contributed by atoms with Crippen LogP contribution in [0.4, 0.5) is 5.82 Å². The van der Waals surface area contributed by atoms with E-state index in [1.807, 2.05) is 6.92 Å². The molecule has 74 valence electrons. The van der Waals surface area contributed by atoms with E-state index in [2.05, 4.69) is 21.4 Å². The van der Waals surface area contributed by atoms with Crippen LogP contribution >= 0.6 is 11.6 Å². The molecule has 0 saturated heterocycles. The van der Waals surface area contributed by atoms with E-state index in [9.17, 15) is 0 Å². The van der Waals surface area contributed by atoms with Gasteiger partial charge in [0.05, 0.1) is 0 Å². The van der Waals surface area contributed by atoms with Gasteiger partial charge >= 0.3 is 0 Å². The topological polar surface area (TPSA) is 47.0 Å². The molecule has 0 atom stereocenters. The Kier molecular flexibility index (Phi) is 4.17. The number of hydrogen-bond acceptors (Lipinski definition) is 4. The lowest BCUT2D eigenvalue weighted by atomic mass is 10.4. The van der Waals surface area contributed by atoms with Gasteiger partial charge in [-0.25, -0.2) is 15.4 Å². The summed E-state index contributed by atoms with van der Waals surface area (Å²) >= 11 is 5.75. The van der Waals surface area contributed by atoms with Crippen LogP contribution in [-0.2, 0) is 11.3 Å². The quantitative estimate of drug-likeness (QED) is 0.356. The predicted octanol–water partition coefficient (Wildman–Crippen LogP) is 1.67. The average Bonchev–Trinajstić information content (AvgIpc) is 2.17. The van der Waals surface area contributed by atoms with Gasteiger partial charge in [0, 0.05) is 12.5 Å². The fourth-order valence-corrected chi connectivity index (χ4v) is 1.03. The first kappa shape index (κ1) is 10.8. The van der Waals surface area contributed by atoms with E-state index in [0.29, 0.717) is 23.2 Å². The van der Waals surface area contributed by atoms with Gasteiger partial charge in [0.2, 0.25) is 0 Å². The summed E-state index contributed by atoms with van der Waals surface area (Å²) in [7, 11) is 0. The molecule has 1 N–H and O–H groups in total. The average molecular weight is 212 g/mol. The summed E-state index contributed by atoms with van der Waals surface area (Å²) < 4.78 is 0. The molecule has 1 heterocycles. The molecule has 4 nitrogen and oxygen atoms in total. The highest BCUT2D eigenvalue weighted by Crippen LogP contribution is 2.11. The van der Waals surface area contributed by atoms with Crippen LogP contribution < -0.4 is 5.48 Å². The van der Waals surface area contributed by atoms with Gasteiger partial charge in [0.15, 0.2) is 5.82 Å². The summed E-state index contributed by atoms with van der Waals surface area (Å²) in [5.41, 5.74) is 2.58. The Bertz CT molecular complexity index is 348. The van der Waals surface area contributed by atoms with Gasteiger partial charge in [-0.15, -0.1) is 6.42 Å². The Morgan fingerprint density at radius 2 is 2.43 bits per heavy atom. The van der Waals surface area contributed by atoms with Crippen molar-refractivity contribution in [2.45, 2.75) is 13.3 Å². The Morgan fingerprint density at radius 3 is 3.07 bits per heavy atom. The smallest absolute Gasteiger partial charge is 0.154 e. The van der Waals surface area contributed by atoms with E-state index < -0.39 is 0 Å². The van der Waals surface area contributed by atoms with Crippen LogP contribution in [0.2, 0.25) is 5.15 Å². The first-order valence-electron chi connectivity index (χ1n) is 4.11. The number of rotatable bonds is 4. The zero-order chi connectivity index (χ0) is 10.4. The number of terminal acetylenes is 1. The van der Waals surface area contributed by atoms with Crippen molar-refractivity contribution >= 4 is 17.4 Å². The highest BCUT2D eigenvalue weighted by molar-refractivity contribution is 6.29. The molecule has 0 aliphatic rings. The second-order valence-corrected chi connectivity index (χ2v) is 2.83. The molecule has 1 rings (SSSR count). The summed E-state index contributed by atoms with van der Waals surface area (Å²) in [5.74, 6) is 3.49. The van der Waals surface area contributed by atoms with Crippen LogP contribution in [0.3, 0.4) is 0 Å². The van der Waals surface area contributed by atoms with Gasteiger partial charge in [-0.1, -0.05) is 24.4 Å². The fourth-order valence-electron chi connectivity index (χ4n) is 0.827. The van der Waals surface area contributed by atoms with Gasteiger partial charge in [0.1, 0.15) is 17.6 Å². The van der Waals surface area contributed by atoms with Crippen LogP contribution in [-0.4, -0.2) is 16.6 Å². The Balaban J connectivity index is 2.67. The lowest BCUT2D eigenvalue weighted by molar-refractivity contribution is 0.232. The maximum atomic E-state index is 5.75. The third-order valence-electron chi connectivity index (χ3n) is 1.39. The van der Waals surface area contributed by atoms with Crippen molar-refractivity contribution in [1.29, 1.82) is 0 Å². The highest BCUT2D eigenvalue weighted by atomic mass is 35.5. The molecule has 0 aromatic carbocycles. The van der Waals surface area contributed by atoms with Gasteiger partial charge < -0.3 is 0 Å². The van der Waals surface area contributed by atoms with E-state index in [1.165, 1.54) is 0 Å². The number of aryl methyl sites for hydroxylation is 1. The molecule has 0 fully saturated rings. The minimum Gasteiger partial charge on any atom is -0.262 e. The molecule has 0 spiro atoms. The van der Waals surface area contributed by atoms with Crippen molar-refractivity contribution in [3.05, 3.63) is 17.0 Å². The SMILES string of the molecule is C#CCONc1cc(Cl)nc(CC)n1. The van der Waals surface area contributed by atoms with Gasteiger partial charge in [-0.2, -0.15) is 0 Å². The second-order valence-electron chi connectivity index (χ2n) is 2.44. The Labute approximate surface area is 87.6 Å². The van der Waals surface area contributed by atoms with Crippen LogP contribution in [0.5, 0.6) is 0 Å². The number of nitrogens with zero attached hydrogens (tertiary/aromatic N) is 2. The van der Waals surface area contributed by atoms with E-state index in [1.54, 1.807) is 6.07 Å². The first-order valence-corrected chi connectivity index (χ1v) is 4.48. The maximum Gasteiger partial charge on any atom is 0.154 e. The minimum atomic E-state index is 0.170.